The highest BCUT2D eigenvalue weighted by atomic mass is 35.5. The molecule has 2 aromatic rings. The van der Waals surface area contributed by atoms with Crippen molar-refractivity contribution < 1.29 is 4.74 Å². The fraction of sp³-hybridized carbons (Fsp3) is 0.188. The van der Waals surface area contributed by atoms with Crippen molar-refractivity contribution in [3.63, 3.8) is 0 Å². The second kappa shape index (κ2) is 5.99. The summed E-state index contributed by atoms with van der Waals surface area (Å²) in [6.07, 6.45) is 0. The Morgan fingerprint density at radius 2 is 1.92 bits per heavy atom. The van der Waals surface area contributed by atoms with Crippen LogP contribution < -0.4 is 21.7 Å². The van der Waals surface area contributed by atoms with E-state index in [0.29, 0.717) is 10.6 Å². The first kappa shape index (κ1) is 17.1. The Bertz CT molecular complexity index is 1090. The highest BCUT2D eigenvalue weighted by molar-refractivity contribution is 6.35. The van der Waals surface area contributed by atoms with E-state index in [1.165, 1.54) is 20.2 Å². The van der Waals surface area contributed by atoms with Crippen molar-refractivity contribution >= 4 is 23.2 Å². The third-order valence-electron chi connectivity index (χ3n) is 4.09. The minimum Gasteiger partial charge on any atom is -0.423 e. The molecule has 0 radical (unpaired) electrons. The van der Waals surface area contributed by atoms with Crippen molar-refractivity contribution in [2.45, 2.75) is 5.92 Å². The SMILES string of the molecule is Cn1c2c(c(=O)n(C)c1=O)C(c1ccc(Cl)cc1Cl)C(C#N)=C(N)O2. The van der Waals surface area contributed by atoms with Crippen LogP contribution in [0.1, 0.15) is 17.0 Å². The number of aromatic nitrogens is 2. The summed E-state index contributed by atoms with van der Waals surface area (Å²) in [5, 5.41) is 10.2. The molecule has 1 aromatic heterocycles. The predicted octanol–water partition coefficient (Wildman–Crippen LogP) is 1.61. The van der Waals surface area contributed by atoms with E-state index >= 15 is 0 Å². The molecule has 1 aromatic carbocycles. The molecule has 25 heavy (non-hydrogen) atoms. The summed E-state index contributed by atoms with van der Waals surface area (Å²) < 4.78 is 7.51. The Kier molecular flexibility index (Phi) is 4.11. The Morgan fingerprint density at radius 1 is 1.24 bits per heavy atom. The number of halogens is 2. The van der Waals surface area contributed by atoms with Crippen LogP contribution >= 0.6 is 23.2 Å². The van der Waals surface area contributed by atoms with Gasteiger partial charge in [0.1, 0.15) is 11.6 Å². The van der Waals surface area contributed by atoms with Crippen LogP contribution in [0.15, 0.2) is 39.2 Å². The zero-order valence-corrected chi connectivity index (χ0v) is 14.7. The lowest BCUT2D eigenvalue weighted by molar-refractivity contribution is 0.348. The van der Waals surface area contributed by atoms with Gasteiger partial charge in [-0.1, -0.05) is 29.3 Å². The van der Waals surface area contributed by atoms with Crippen LogP contribution in [-0.2, 0) is 14.1 Å². The second-order valence-electron chi connectivity index (χ2n) is 5.52. The monoisotopic (exact) mass is 378 g/mol. The summed E-state index contributed by atoms with van der Waals surface area (Å²) in [6, 6.07) is 6.68. The summed E-state index contributed by atoms with van der Waals surface area (Å²) in [6.45, 7) is 0. The molecule has 2 N–H and O–H groups in total. The van der Waals surface area contributed by atoms with Gasteiger partial charge in [-0.3, -0.25) is 13.9 Å². The molecule has 0 amide bonds. The first-order valence-corrected chi connectivity index (χ1v) is 7.86. The maximum atomic E-state index is 12.7. The van der Waals surface area contributed by atoms with E-state index in [9.17, 15) is 14.9 Å². The largest absolute Gasteiger partial charge is 0.423 e. The number of fused-ring (bicyclic) bond motifs is 1. The lowest BCUT2D eigenvalue weighted by Crippen LogP contribution is -2.42. The number of benzene rings is 1. The van der Waals surface area contributed by atoms with Gasteiger partial charge in [0.15, 0.2) is 0 Å². The van der Waals surface area contributed by atoms with Crippen molar-refractivity contribution in [2.24, 2.45) is 19.8 Å². The van der Waals surface area contributed by atoms with Crippen LogP contribution in [0.3, 0.4) is 0 Å². The molecular weight excluding hydrogens is 367 g/mol. The minimum atomic E-state index is -0.871. The number of hydrogen-bond acceptors (Lipinski definition) is 5. The second-order valence-corrected chi connectivity index (χ2v) is 6.36. The molecule has 3 rings (SSSR count). The normalized spacial score (nSPS) is 16.2. The van der Waals surface area contributed by atoms with Gasteiger partial charge in [-0.2, -0.15) is 5.26 Å². The number of allylic oxidation sites excluding steroid dienone is 1. The van der Waals surface area contributed by atoms with Crippen molar-refractivity contribution in [2.75, 3.05) is 0 Å². The van der Waals surface area contributed by atoms with Crippen molar-refractivity contribution in [1.29, 1.82) is 5.26 Å². The highest BCUT2D eigenvalue weighted by Crippen LogP contribution is 2.42. The predicted molar refractivity (Wildman–Crippen MR) is 92.7 cm³/mol. The van der Waals surface area contributed by atoms with Crippen LogP contribution in [0, 0.1) is 11.3 Å². The molecule has 0 fully saturated rings. The van der Waals surface area contributed by atoms with E-state index in [0.717, 1.165) is 9.13 Å². The zero-order valence-electron chi connectivity index (χ0n) is 13.2. The van der Waals surface area contributed by atoms with Gasteiger partial charge in [0.25, 0.3) is 5.56 Å². The van der Waals surface area contributed by atoms with E-state index in [-0.39, 0.29) is 27.9 Å². The number of nitriles is 1. The fourth-order valence-corrected chi connectivity index (χ4v) is 3.35. The molecule has 128 valence electrons. The van der Waals surface area contributed by atoms with Gasteiger partial charge in [0, 0.05) is 24.1 Å². The van der Waals surface area contributed by atoms with Gasteiger partial charge in [-0.15, -0.1) is 0 Å². The number of hydrogen-bond donors (Lipinski definition) is 1. The van der Waals surface area contributed by atoms with Crippen molar-refractivity contribution in [3.8, 4) is 11.9 Å². The number of nitrogens with zero attached hydrogens (tertiary/aromatic N) is 3. The lowest BCUT2D eigenvalue weighted by atomic mass is 9.85. The lowest BCUT2D eigenvalue weighted by Gasteiger charge is -2.27. The third-order valence-corrected chi connectivity index (χ3v) is 4.65. The molecule has 2 heterocycles. The van der Waals surface area contributed by atoms with E-state index in [4.69, 9.17) is 33.7 Å². The van der Waals surface area contributed by atoms with E-state index < -0.39 is 17.2 Å². The first-order valence-electron chi connectivity index (χ1n) is 7.10. The van der Waals surface area contributed by atoms with Gasteiger partial charge in [0.2, 0.25) is 11.8 Å². The zero-order chi connectivity index (χ0) is 18.5. The Labute approximate surface area is 152 Å². The molecule has 0 spiro atoms. The maximum Gasteiger partial charge on any atom is 0.333 e. The van der Waals surface area contributed by atoms with Crippen molar-refractivity contribution in [1.82, 2.24) is 9.13 Å². The molecular formula is C16H12Cl2N4O3. The standard InChI is InChI=1S/C16H12Cl2N4O3/c1-21-14(23)12-11(8-4-3-7(17)5-10(8)18)9(6-19)13(20)25-15(12)22(2)16(21)24/h3-5,11H,20H2,1-2H3. The minimum absolute atomic E-state index is 0.0133. The Hall–Kier alpha value is -2.69. The van der Waals surface area contributed by atoms with Crippen LogP contribution in [0.2, 0.25) is 10.0 Å². The molecule has 0 saturated heterocycles. The summed E-state index contributed by atoms with van der Waals surface area (Å²) in [4.78, 5) is 24.9. The first-order chi connectivity index (χ1) is 11.8. The highest BCUT2D eigenvalue weighted by Gasteiger charge is 2.36. The van der Waals surface area contributed by atoms with E-state index in [1.807, 2.05) is 6.07 Å². The average Bonchev–Trinajstić information content (AvgIpc) is 2.57. The summed E-state index contributed by atoms with van der Waals surface area (Å²) in [7, 11) is 2.80. The fourth-order valence-electron chi connectivity index (χ4n) is 2.83. The van der Waals surface area contributed by atoms with Gasteiger partial charge in [-0.05, 0) is 17.7 Å². The van der Waals surface area contributed by atoms with Gasteiger partial charge >= 0.3 is 5.69 Å². The molecule has 7 nitrogen and oxygen atoms in total. The molecule has 1 atom stereocenters. The molecule has 1 aliphatic rings. The van der Waals surface area contributed by atoms with E-state index in [1.54, 1.807) is 12.1 Å². The molecule has 0 bridgehead atoms. The third kappa shape index (κ3) is 2.51. The summed E-state index contributed by atoms with van der Waals surface area (Å²) in [5.41, 5.74) is 5.31. The molecule has 0 saturated carbocycles. The van der Waals surface area contributed by atoms with Gasteiger partial charge in [0.05, 0.1) is 11.5 Å². The number of ether oxygens (including phenoxy) is 1. The van der Waals surface area contributed by atoms with Crippen LogP contribution in [0.4, 0.5) is 0 Å². The Morgan fingerprint density at radius 3 is 2.52 bits per heavy atom. The Balaban J connectivity index is 2.45. The summed E-state index contributed by atoms with van der Waals surface area (Å²) in [5.74, 6) is -1.07. The molecule has 9 heteroatoms. The van der Waals surface area contributed by atoms with Crippen LogP contribution in [-0.4, -0.2) is 9.13 Å². The molecule has 0 aliphatic carbocycles. The molecule has 1 aliphatic heterocycles. The van der Waals surface area contributed by atoms with Gasteiger partial charge in [-0.25, -0.2) is 4.79 Å². The maximum absolute atomic E-state index is 12.7. The van der Waals surface area contributed by atoms with Crippen LogP contribution in [0.5, 0.6) is 5.88 Å². The van der Waals surface area contributed by atoms with Crippen molar-refractivity contribution in [3.05, 3.63) is 71.7 Å². The average molecular weight is 379 g/mol. The summed E-state index contributed by atoms with van der Waals surface area (Å²) >= 11 is 12.2. The van der Waals surface area contributed by atoms with Crippen LogP contribution in [0.25, 0.3) is 0 Å². The number of rotatable bonds is 1. The van der Waals surface area contributed by atoms with Gasteiger partial charge < -0.3 is 10.5 Å². The number of nitrogens with two attached hydrogens (primary N) is 1. The topological polar surface area (TPSA) is 103 Å². The van der Waals surface area contributed by atoms with E-state index in [2.05, 4.69) is 0 Å². The quantitative estimate of drug-likeness (QED) is 0.811. The molecule has 1 unspecified atom stereocenters. The smallest absolute Gasteiger partial charge is 0.333 e.